The highest BCUT2D eigenvalue weighted by atomic mass is 32.1. The summed E-state index contributed by atoms with van der Waals surface area (Å²) in [4.78, 5) is 26.6. The number of nitrogens with zero attached hydrogens (tertiary/aromatic N) is 2. The molecule has 7 heteroatoms. The first-order valence-corrected chi connectivity index (χ1v) is 9.85. The van der Waals surface area contributed by atoms with Crippen LogP contribution in [0.5, 0.6) is 11.5 Å². The molecule has 0 aliphatic carbocycles. The van der Waals surface area contributed by atoms with Crippen LogP contribution in [-0.2, 0) is 11.3 Å². The lowest BCUT2D eigenvalue weighted by molar-refractivity contribution is -0.132. The number of rotatable bonds is 3. The van der Waals surface area contributed by atoms with E-state index in [9.17, 15) is 9.59 Å². The van der Waals surface area contributed by atoms with Crippen LogP contribution in [0.15, 0.2) is 28.4 Å². The SMILES string of the molecule is Cc1csc(=O)n1CC(=O)N1CCCC1c1ccc2c(c1)OCCCO2. The van der Waals surface area contributed by atoms with Gasteiger partial charge < -0.3 is 14.4 Å². The highest BCUT2D eigenvalue weighted by molar-refractivity contribution is 7.07. The number of likely N-dealkylation sites (tertiary alicyclic amines) is 1. The summed E-state index contributed by atoms with van der Waals surface area (Å²) in [5.74, 6) is 1.51. The summed E-state index contributed by atoms with van der Waals surface area (Å²) in [5.41, 5.74) is 1.90. The van der Waals surface area contributed by atoms with Gasteiger partial charge in [-0.3, -0.25) is 14.2 Å². The normalized spacial score (nSPS) is 19.4. The smallest absolute Gasteiger partial charge is 0.307 e. The Balaban J connectivity index is 1.56. The van der Waals surface area contributed by atoms with Gasteiger partial charge in [0, 0.05) is 24.0 Å². The molecule has 2 aromatic rings. The zero-order valence-corrected chi connectivity index (χ0v) is 15.6. The summed E-state index contributed by atoms with van der Waals surface area (Å²) >= 11 is 1.14. The van der Waals surface area contributed by atoms with Crippen molar-refractivity contribution in [1.82, 2.24) is 9.47 Å². The van der Waals surface area contributed by atoms with Crippen LogP contribution < -0.4 is 14.3 Å². The first kappa shape index (κ1) is 17.1. The van der Waals surface area contributed by atoms with E-state index in [1.807, 2.05) is 30.0 Å². The third-order valence-electron chi connectivity index (χ3n) is 5.00. The number of fused-ring (bicyclic) bond motifs is 1. The topological polar surface area (TPSA) is 60.8 Å². The highest BCUT2D eigenvalue weighted by Crippen LogP contribution is 2.38. The molecule has 1 saturated heterocycles. The fraction of sp³-hybridized carbons (Fsp3) is 0.474. The lowest BCUT2D eigenvalue weighted by Crippen LogP contribution is -2.35. The number of benzene rings is 1. The van der Waals surface area contributed by atoms with E-state index in [4.69, 9.17) is 9.47 Å². The van der Waals surface area contributed by atoms with Gasteiger partial charge in [-0.05, 0) is 37.5 Å². The third-order valence-corrected chi connectivity index (χ3v) is 5.88. The van der Waals surface area contributed by atoms with Crippen LogP contribution in [0.4, 0.5) is 0 Å². The Hall–Kier alpha value is -2.28. The maximum atomic E-state index is 12.9. The second-order valence-corrected chi connectivity index (χ2v) is 7.55. The standard InChI is InChI=1S/C19H22N2O4S/c1-13-12-26-19(23)21(13)11-18(22)20-7-2-4-15(20)14-5-6-16-17(10-14)25-9-3-8-24-16/h5-6,10,12,15H,2-4,7-9,11H2,1H3. The maximum absolute atomic E-state index is 12.9. The predicted octanol–water partition coefficient (Wildman–Crippen LogP) is 2.74. The van der Waals surface area contributed by atoms with Gasteiger partial charge in [0.15, 0.2) is 11.5 Å². The number of hydrogen-bond acceptors (Lipinski definition) is 5. The van der Waals surface area contributed by atoms with Crippen molar-refractivity contribution in [2.45, 2.75) is 38.8 Å². The lowest BCUT2D eigenvalue weighted by Gasteiger charge is -2.26. The Kier molecular flexibility index (Phi) is 4.72. The molecule has 0 radical (unpaired) electrons. The summed E-state index contributed by atoms with van der Waals surface area (Å²) in [6.07, 6.45) is 2.75. The van der Waals surface area contributed by atoms with Crippen molar-refractivity contribution in [3.05, 3.63) is 44.5 Å². The van der Waals surface area contributed by atoms with Crippen LogP contribution in [-0.4, -0.2) is 35.1 Å². The first-order chi connectivity index (χ1) is 12.6. The Morgan fingerprint density at radius 3 is 2.81 bits per heavy atom. The van der Waals surface area contributed by atoms with Crippen LogP contribution in [0.3, 0.4) is 0 Å². The van der Waals surface area contributed by atoms with Gasteiger partial charge in [-0.25, -0.2) is 0 Å². The molecule has 0 saturated carbocycles. The average molecular weight is 374 g/mol. The van der Waals surface area contributed by atoms with Crippen LogP contribution in [0.2, 0.25) is 0 Å². The van der Waals surface area contributed by atoms with E-state index in [1.165, 1.54) is 0 Å². The van der Waals surface area contributed by atoms with E-state index in [-0.39, 0.29) is 23.4 Å². The number of carbonyl (C=O) groups is 1. The van der Waals surface area contributed by atoms with Gasteiger partial charge in [-0.15, -0.1) is 0 Å². The van der Waals surface area contributed by atoms with Crippen LogP contribution in [0, 0.1) is 6.92 Å². The molecule has 1 aromatic heterocycles. The molecule has 1 amide bonds. The van der Waals surface area contributed by atoms with Gasteiger partial charge in [0.2, 0.25) is 5.91 Å². The monoisotopic (exact) mass is 374 g/mol. The third kappa shape index (κ3) is 3.23. The largest absolute Gasteiger partial charge is 0.490 e. The number of hydrogen-bond donors (Lipinski definition) is 0. The first-order valence-electron chi connectivity index (χ1n) is 8.97. The minimum Gasteiger partial charge on any atom is -0.490 e. The molecule has 1 fully saturated rings. The summed E-state index contributed by atoms with van der Waals surface area (Å²) in [7, 11) is 0. The minimum absolute atomic E-state index is 0.0109. The maximum Gasteiger partial charge on any atom is 0.307 e. The molecule has 0 spiro atoms. The molecule has 0 N–H and O–H groups in total. The number of carbonyl (C=O) groups excluding carboxylic acids is 1. The molecule has 26 heavy (non-hydrogen) atoms. The number of amides is 1. The lowest BCUT2D eigenvalue weighted by atomic mass is 10.0. The second-order valence-electron chi connectivity index (χ2n) is 6.73. The molecule has 1 unspecified atom stereocenters. The minimum atomic E-state index is -0.0813. The summed E-state index contributed by atoms with van der Waals surface area (Å²) in [5, 5.41) is 1.79. The van der Waals surface area contributed by atoms with E-state index in [0.717, 1.165) is 59.9 Å². The molecule has 3 heterocycles. The predicted molar refractivity (Wildman–Crippen MR) is 99.1 cm³/mol. The van der Waals surface area contributed by atoms with Gasteiger partial charge >= 0.3 is 4.87 Å². The number of aryl methyl sites for hydroxylation is 1. The summed E-state index contributed by atoms with van der Waals surface area (Å²) in [6.45, 7) is 3.99. The summed E-state index contributed by atoms with van der Waals surface area (Å²) in [6, 6.07) is 5.98. The van der Waals surface area contributed by atoms with Crippen LogP contribution in [0.25, 0.3) is 0 Å². The number of ether oxygens (including phenoxy) is 2. The van der Waals surface area contributed by atoms with Crippen LogP contribution in [0.1, 0.15) is 36.6 Å². The quantitative estimate of drug-likeness (QED) is 0.829. The van der Waals surface area contributed by atoms with Crippen molar-refractivity contribution >= 4 is 17.2 Å². The van der Waals surface area contributed by atoms with Crippen LogP contribution >= 0.6 is 11.3 Å². The average Bonchev–Trinajstić information content (AvgIpc) is 3.16. The van der Waals surface area contributed by atoms with Crippen molar-refractivity contribution in [3.8, 4) is 11.5 Å². The Bertz CT molecular complexity index is 873. The molecular weight excluding hydrogens is 352 g/mol. The van der Waals surface area contributed by atoms with E-state index < -0.39 is 0 Å². The molecule has 138 valence electrons. The molecule has 1 atom stereocenters. The fourth-order valence-electron chi connectivity index (χ4n) is 3.62. The molecule has 0 bridgehead atoms. The Morgan fingerprint density at radius 2 is 2.04 bits per heavy atom. The molecule has 6 nitrogen and oxygen atoms in total. The summed E-state index contributed by atoms with van der Waals surface area (Å²) < 4.78 is 13.0. The molecule has 4 rings (SSSR count). The van der Waals surface area contributed by atoms with Crippen molar-refractivity contribution in [2.24, 2.45) is 0 Å². The highest BCUT2D eigenvalue weighted by Gasteiger charge is 2.31. The molecule has 2 aliphatic rings. The number of thiazole rings is 1. The van der Waals surface area contributed by atoms with E-state index in [2.05, 4.69) is 0 Å². The van der Waals surface area contributed by atoms with Gasteiger partial charge in [0.05, 0.1) is 19.3 Å². The zero-order chi connectivity index (χ0) is 18.1. The van der Waals surface area contributed by atoms with Gasteiger partial charge in [-0.1, -0.05) is 17.4 Å². The Morgan fingerprint density at radius 1 is 1.23 bits per heavy atom. The van der Waals surface area contributed by atoms with Crippen molar-refractivity contribution in [3.63, 3.8) is 0 Å². The van der Waals surface area contributed by atoms with Crippen molar-refractivity contribution < 1.29 is 14.3 Å². The zero-order valence-electron chi connectivity index (χ0n) is 14.8. The van der Waals surface area contributed by atoms with Gasteiger partial charge in [0.25, 0.3) is 0 Å². The van der Waals surface area contributed by atoms with Gasteiger partial charge in [-0.2, -0.15) is 0 Å². The van der Waals surface area contributed by atoms with Crippen molar-refractivity contribution in [2.75, 3.05) is 19.8 Å². The van der Waals surface area contributed by atoms with E-state index >= 15 is 0 Å². The van der Waals surface area contributed by atoms with Crippen molar-refractivity contribution in [1.29, 1.82) is 0 Å². The van der Waals surface area contributed by atoms with E-state index in [0.29, 0.717) is 13.2 Å². The molecule has 2 aliphatic heterocycles. The molecule has 1 aromatic carbocycles. The molecular formula is C19H22N2O4S. The Labute approximate surface area is 156 Å². The second kappa shape index (κ2) is 7.15. The fourth-order valence-corrected chi connectivity index (χ4v) is 4.36. The van der Waals surface area contributed by atoms with E-state index in [1.54, 1.807) is 9.95 Å². The number of aromatic nitrogens is 1. The van der Waals surface area contributed by atoms with Gasteiger partial charge in [0.1, 0.15) is 6.54 Å².